The van der Waals surface area contributed by atoms with Crippen molar-refractivity contribution in [3.63, 3.8) is 0 Å². The van der Waals surface area contributed by atoms with E-state index in [1.165, 1.54) is 0 Å². The number of thiocarbonyl (C=S) groups is 1. The summed E-state index contributed by atoms with van der Waals surface area (Å²) in [6.45, 7) is 2.32. The predicted molar refractivity (Wildman–Crippen MR) is 143 cm³/mol. The summed E-state index contributed by atoms with van der Waals surface area (Å²) < 4.78 is 12.2. The molecule has 7 nitrogen and oxygen atoms in total. The Morgan fingerprint density at radius 3 is 2.43 bits per heavy atom. The van der Waals surface area contributed by atoms with Crippen LogP contribution >= 0.6 is 28.1 Å². The Morgan fingerprint density at radius 2 is 1.66 bits per heavy atom. The Hall–Kier alpha value is -3.43. The fourth-order valence-corrected chi connectivity index (χ4v) is 3.59. The van der Waals surface area contributed by atoms with Gasteiger partial charge in [-0.15, -0.1) is 0 Å². The number of carbonyl (C=O) groups is 2. The van der Waals surface area contributed by atoms with Crippen molar-refractivity contribution >= 4 is 45.1 Å². The van der Waals surface area contributed by atoms with Crippen LogP contribution in [0.4, 0.5) is 0 Å². The lowest BCUT2D eigenvalue weighted by Crippen LogP contribution is -2.49. The monoisotopic (exact) mass is 555 g/mol. The van der Waals surface area contributed by atoms with Gasteiger partial charge in [0.1, 0.15) is 11.5 Å². The van der Waals surface area contributed by atoms with Crippen LogP contribution in [0.3, 0.4) is 0 Å². The summed E-state index contributed by atoms with van der Waals surface area (Å²) in [5, 5.41) is 2.48. The number of benzene rings is 3. The van der Waals surface area contributed by atoms with Gasteiger partial charge in [-0.05, 0) is 48.5 Å². The molecular formula is C26H26BrN3O4S. The van der Waals surface area contributed by atoms with E-state index < -0.39 is 11.8 Å². The number of ether oxygens (including phenoxy) is 2. The van der Waals surface area contributed by atoms with Gasteiger partial charge in [-0.2, -0.15) is 0 Å². The van der Waals surface area contributed by atoms with Crippen LogP contribution in [0, 0.1) is 0 Å². The molecule has 0 atom stereocenters. The standard InChI is InChI=1S/C26H26BrN3O4S/c1-2-3-15-33-23-14-13-19(27)16-21(23)25(32)28-26(35)30-29-24(31)17-34-22-12-8-7-11-20(22)18-9-5-4-6-10-18/h4-14,16H,2-3,15,17H2,1H3,(H,29,31)(H2,28,30,32,35). The number of hydrogen-bond acceptors (Lipinski definition) is 5. The highest BCUT2D eigenvalue weighted by Crippen LogP contribution is 2.29. The fourth-order valence-electron chi connectivity index (χ4n) is 3.09. The van der Waals surface area contributed by atoms with Gasteiger partial charge in [0.25, 0.3) is 11.8 Å². The van der Waals surface area contributed by atoms with Gasteiger partial charge in [0.2, 0.25) is 0 Å². The zero-order chi connectivity index (χ0) is 25.0. The fraction of sp³-hybridized carbons (Fsp3) is 0.192. The molecule has 3 aromatic rings. The molecule has 9 heteroatoms. The summed E-state index contributed by atoms with van der Waals surface area (Å²) in [4.78, 5) is 25.0. The average Bonchev–Trinajstić information content (AvgIpc) is 2.88. The average molecular weight is 556 g/mol. The van der Waals surface area contributed by atoms with E-state index in [1.807, 2.05) is 48.5 Å². The predicted octanol–water partition coefficient (Wildman–Crippen LogP) is 5.01. The van der Waals surface area contributed by atoms with E-state index in [-0.39, 0.29) is 11.7 Å². The van der Waals surface area contributed by atoms with E-state index >= 15 is 0 Å². The number of para-hydroxylation sites is 1. The molecule has 0 aliphatic carbocycles. The van der Waals surface area contributed by atoms with Gasteiger partial charge >= 0.3 is 0 Å². The molecule has 0 heterocycles. The highest BCUT2D eigenvalue weighted by atomic mass is 79.9. The van der Waals surface area contributed by atoms with E-state index in [0.29, 0.717) is 23.7 Å². The second-order valence-corrected chi connectivity index (χ2v) is 8.77. The van der Waals surface area contributed by atoms with Crippen LogP contribution in [0.15, 0.2) is 77.3 Å². The van der Waals surface area contributed by atoms with Crippen LogP contribution in [-0.2, 0) is 4.79 Å². The van der Waals surface area contributed by atoms with Crippen LogP contribution in [0.2, 0.25) is 0 Å². The first-order valence-corrected chi connectivity index (χ1v) is 12.3. The Kier molecular flexibility index (Phi) is 10.1. The third kappa shape index (κ3) is 8.08. The van der Waals surface area contributed by atoms with E-state index in [2.05, 4.69) is 39.0 Å². The van der Waals surface area contributed by atoms with Crippen molar-refractivity contribution in [2.45, 2.75) is 19.8 Å². The second kappa shape index (κ2) is 13.5. The van der Waals surface area contributed by atoms with Gasteiger partial charge in [-0.25, -0.2) is 0 Å². The Bertz CT molecular complexity index is 1170. The first-order chi connectivity index (χ1) is 17.0. The summed E-state index contributed by atoms with van der Waals surface area (Å²) in [5.74, 6) is 0.111. The van der Waals surface area contributed by atoms with Gasteiger partial charge in [0.05, 0.1) is 12.2 Å². The molecule has 0 saturated heterocycles. The molecule has 0 spiro atoms. The lowest BCUT2D eigenvalue weighted by Gasteiger charge is -2.14. The molecular weight excluding hydrogens is 530 g/mol. The molecule has 0 fully saturated rings. The summed E-state index contributed by atoms with van der Waals surface area (Å²) in [6, 6.07) is 22.4. The summed E-state index contributed by atoms with van der Waals surface area (Å²) >= 11 is 8.51. The molecule has 3 N–H and O–H groups in total. The number of nitrogens with one attached hydrogen (secondary N) is 3. The molecule has 0 bridgehead atoms. The van der Waals surface area contributed by atoms with Gasteiger partial charge in [0.15, 0.2) is 11.7 Å². The molecule has 0 aromatic heterocycles. The molecule has 3 rings (SSSR count). The quantitative estimate of drug-likeness (QED) is 0.195. The second-order valence-electron chi connectivity index (χ2n) is 7.45. The zero-order valence-electron chi connectivity index (χ0n) is 19.2. The minimum atomic E-state index is -0.462. The summed E-state index contributed by atoms with van der Waals surface area (Å²) in [6.07, 6.45) is 1.86. The van der Waals surface area contributed by atoms with Crippen molar-refractivity contribution < 1.29 is 19.1 Å². The molecule has 182 valence electrons. The van der Waals surface area contributed by atoms with E-state index in [1.54, 1.807) is 24.3 Å². The van der Waals surface area contributed by atoms with Crippen molar-refractivity contribution in [3.8, 4) is 22.6 Å². The Labute approximate surface area is 218 Å². The summed E-state index contributed by atoms with van der Waals surface area (Å²) in [5.41, 5.74) is 7.13. The lowest BCUT2D eigenvalue weighted by molar-refractivity contribution is -0.123. The molecule has 3 aromatic carbocycles. The largest absolute Gasteiger partial charge is 0.493 e. The molecule has 0 radical (unpaired) electrons. The van der Waals surface area contributed by atoms with Crippen LogP contribution < -0.4 is 25.6 Å². The maximum Gasteiger partial charge on any atom is 0.276 e. The van der Waals surface area contributed by atoms with Crippen LogP contribution in [0.1, 0.15) is 30.1 Å². The van der Waals surface area contributed by atoms with E-state index in [4.69, 9.17) is 21.7 Å². The molecule has 0 unspecified atom stereocenters. The zero-order valence-corrected chi connectivity index (χ0v) is 21.6. The minimum Gasteiger partial charge on any atom is -0.493 e. The van der Waals surface area contributed by atoms with Crippen molar-refractivity contribution in [1.29, 1.82) is 0 Å². The van der Waals surface area contributed by atoms with Gasteiger partial charge in [-0.3, -0.25) is 25.8 Å². The molecule has 35 heavy (non-hydrogen) atoms. The Morgan fingerprint density at radius 1 is 0.914 bits per heavy atom. The number of amides is 2. The number of unbranched alkanes of at least 4 members (excludes halogenated alkanes) is 1. The first kappa shape index (κ1) is 26.2. The number of hydrogen-bond donors (Lipinski definition) is 3. The Balaban J connectivity index is 1.51. The minimum absolute atomic E-state index is 0.0625. The van der Waals surface area contributed by atoms with Gasteiger partial charge in [0, 0.05) is 10.0 Å². The highest BCUT2D eigenvalue weighted by Gasteiger charge is 2.15. The third-order valence-corrected chi connectivity index (χ3v) is 5.51. The van der Waals surface area contributed by atoms with Crippen molar-refractivity contribution in [2.75, 3.05) is 13.2 Å². The van der Waals surface area contributed by atoms with Gasteiger partial charge < -0.3 is 9.47 Å². The lowest BCUT2D eigenvalue weighted by atomic mass is 10.1. The van der Waals surface area contributed by atoms with Crippen LogP contribution in [0.5, 0.6) is 11.5 Å². The maximum atomic E-state index is 12.7. The SMILES string of the molecule is CCCCOc1ccc(Br)cc1C(=O)NC(=S)NNC(=O)COc1ccccc1-c1ccccc1. The highest BCUT2D eigenvalue weighted by molar-refractivity contribution is 9.10. The first-order valence-electron chi connectivity index (χ1n) is 11.1. The van der Waals surface area contributed by atoms with Crippen LogP contribution in [0.25, 0.3) is 11.1 Å². The maximum absolute atomic E-state index is 12.7. The topological polar surface area (TPSA) is 88.7 Å². The van der Waals surface area contributed by atoms with Crippen molar-refractivity contribution in [3.05, 3.63) is 82.8 Å². The van der Waals surface area contributed by atoms with Crippen molar-refractivity contribution in [1.82, 2.24) is 16.2 Å². The number of rotatable bonds is 9. The van der Waals surface area contributed by atoms with E-state index in [0.717, 1.165) is 28.4 Å². The van der Waals surface area contributed by atoms with Crippen LogP contribution in [-0.4, -0.2) is 30.1 Å². The number of halogens is 1. The molecule has 0 saturated carbocycles. The molecule has 0 aliphatic heterocycles. The molecule has 0 aliphatic rings. The van der Waals surface area contributed by atoms with Crippen molar-refractivity contribution in [2.24, 2.45) is 0 Å². The normalized spacial score (nSPS) is 10.2. The molecule has 2 amide bonds. The third-order valence-electron chi connectivity index (χ3n) is 4.81. The number of carbonyl (C=O) groups excluding carboxylic acids is 2. The van der Waals surface area contributed by atoms with Gasteiger partial charge in [-0.1, -0.05) is 77.8 Å². The smallest absolute Gasteiger partial charge is 0.276 e. The number of hydrazine groups is 1. The van der Waals surface area contributed by atoms with E-state index in [9.17, 15) is 9.59 Å². The summed E-state index contributed by atoms with van der Waals surface area (Å²) in [7, 11) is 0.